The van der Waals surface area contributed by atoms with Crippen LogP contribution in [0.5, 0.6) is 0 Å². The van der Waals surface area contributed by atoms with E-state index in [9.17, 15) is 23.1 Å². The van der Waals surface area contributed by atoms with Gasteiger partial charge in [0.25, 0.3) is 0 Å². The summed E-state index contributed by atoms with van der Waals surface area (Å²) >= 11 is 0. The zero-order valence-corrected chi connectivity index (χ0v) is 22.6. The number of halogens is 3. The van der Waals surface area contributed by atoms with Crippen molar-refractivity contribution >= 4 is 22.8 Å². The van der Waals surface area contributed by atoms with Crippen LogP contribution in [0.15, 0.2) is 48.8 Å². The summed E-state index contributed by atoms with van der Waals surface area (Å²) in [6, 6.07) is 12.8. The van der Waals surface area contributed by atoms with Gasteiger partial charge in [0.05, 0.1) is 11.2 Å². The number of hydrogen-bond donors (Lipinski definition) is 1. The third kappa shape index (κ3) is 4.89. The summed E-state index contributed by atoms with van der Waals surface area (Å²) in [6.07, 6.45) is -2.02. The zero-order valence-electron chi connectivity index (χ0n) is 22.6. The normalized spacial score (nSPS) is 24.4. The molecule has 1 N–H and O–H groups in total. The van der Waals surface area contributed by atoms with Gasteiger partial charge >= 0.3 is 6.18 Å². The van der Waals surface area contributed by atoms with Gasteiger partial charge in [-0.25, -0.2) is 4.52 Å². The van der Waals surface area contributed by atoms with Crippen molar-refractivity contribution in [1.82, 2.24) is 19.4 Å². The molecule has 0 spiro atoms. The van der Waals surface area contributed by atoms with E-state index in [1.54, 1.807) is 11.1 Å². The number of rotatable bonds is 5. The molecule has 2 saturated heterocycles. The molecule has 1 saturated carbocycles. The molecule has 3 fully saturated rings. The minimum absolute atomic E-state index is 0.297. The Labute approximate surface area is 231 Å². The van der Waals surface area contributed by atoms with Gasteiger partial charge in [0, 0.05) is 81.9 Å². The number of hydrogen-bond acceptors (Lipinski definition) is 6. The molecule has 3 aromatic rings. The number of carbonyl (C=O) groups is 1. The van der Waals surface area contributed by atoms with Gasteiger partial charge in [-0.15, -0.1) is 0 Å². The molecule has 4 heterocycles. The van der Waals surface area contributed by atoms with Crippen molar-refractivity contribution in [3.05, 3.63) is 48.8 Å². The lowest BCUT2D eigenvalue weighted by molar-refractivity contribution is -0.296. The Morgan fingerprint density at radius 2 is 1.60 bits per heavy atom. The number of aliphatic hydroxyl groups is 1. The number of benzene rings is 1. The molecule has 0 bridgehead atoms. The molecule has 1 amide bonds. The predicted octanol–water partition coefficient (Wildman–Crippen LogP) is 3.50. The SMILES string of the molecule is CCN1CCN(c2ccc(-c3cc4c(N5CCN(C(=O)C6CC(O)(C(F)(F)F)C6)CC5)ccnn4c3)cc2)CC1. The van der Waals surface area contributed by atoms with Crippen LogP contribution in [0.2, 0.25) is 0 Å². The number of aromatic nitrogens is 2. The van der Waals surface area contributed by atoms with Crippen molar-refractivity contribution in [3.63, 3.8) is 0 Å². The monoisotopic (exact) mass is 556 g/mol. The maximum Gasteiger partial charge on any atom is 0.417 e. The first-order valence-electron chi connectivity index (χ1n) is 14.0. The number of fused-ring (bicyclic) bond motifs is 1. The van der Waals surface area contributed by atoms with E-state index in [0.717, 1.165) is 55.1 Å². The van der Waals surface area contributed by atoms with Gasteiger partial charge in [-0.2, -0.15) is 18.3 Å². The summed E-state index contributed by atoms with van der Waals surface area (Å²) in [5.41, 5.74) is 2.66. The van der Waals surface area contributed by atoms with Crippen LogP contribution < -0.4 is 9.80 Å². The number of carbonyl (C=O) groups excluding carboxylic acids is 1. The highest BCUT2D eigenvalue weighted by molar-refractivity contribution is 5.82. The molecule has 0 radical (unpaired) electrons. The molecule has 1 aromatic carbocycles. The first kappa shape index (κ1) is 26.9. The lowest BCUT2D eigenvalue weighted by Crippen LogP contribution is -2.60. The smallest absolute Gasteiger partial charge is 0.380 e. The Morgan fingerprint density at radius 3 is 2.23 bits per heavy atom. The third-order valence-electron chi connectivity index (χ3n) is 8.85. The van der Waals surface area contributed by atoms with Gasteiger partial charge in [0.15, 0.2) is 5.60 Å². The van der Waals surface area contributed by atoms with Crippen molar-refractivity contribution < 1.29 is 23.1 Å². The van der Waals surface area contributed by atoms with Crippen LogP contribution in [0.1, 0.15) is 19.8 Å². The molecule has 8 nitrogen and oxygen atoms in total. The van der Waals surface area contributed by atoms with E-state index in [-0.39, 0.29) is 5.91 Å². The number of nitrogens with zero attached hydrogens (tertiary/aromatic N) is 6. The largest absolute Gasteiger partial charge is 0.417 e. The number of likely N-dealkylation sites (N-methyl/N-ethyl adjacent to an activating group) is 1. The molecule has 6 rings (SSSR count). The molecule has 2 aromatic heterocycles. The van der Waals surface area contributed by atoms with E-state index < -0.39 is 30.5 Å². The summed E-state index contributed by atoms with van der Waals surface area (Å²) < 4.78 is 40.8. The minimum Gasteiger partial charge on any atom is -0.380 e. The summed E-state index contributed by atoms with van der Waals surface area (Å²) in [5, 5.41) is 14.2. The lowest BCUT2D eigenvalue weighted by Gasteiger charge is -2.46. The van der Waals surface area contributed by atoms with E-state index in [4.69, 9.17) is 0 Å². The molecule has 0 atom stereocenters. The first-order chi connectivity index (χ1) is 19.1. The predicted molar refractivity (Wildman–Crippen MR) is 147 cm³/mol. The second kappa shape index (κ2) is 10.3. The van der Waals surface area contributed by atoms with Crippen LogP contribution in [-0.2, 0) is 4.79 Å². The first-order valence-corrected chi connectivity index (χ1v) is 14.0. The van der Waals surface area contributed by atoms with Crippen molar-refractivity contribution in [2.75, 3.05) is 68.7 Å². The second-order valence-electron chi connectivity index (χ2n) is 11.2. The Bertz CT molecular complexity index is 1350. The highest BCUT2D eigenvalue weighted by Gasteiger charge is 2.63. The molecule has 11 heteroatoms. The van der Waals surface area contributed by atoms with E-state index in [1.165, 1.54) is 5.69 Å². The molecule has 214 valence electrons. The summed E-state index contributed by atoms with van der Waals surface area (Å²) in [7, 11) is 0. The maximum absolute atomic E-state index is 13.0. The quantitative estimate of drug-likeness (QED) is 0.519. The van der Waals surface area contributed by atoms with Gasteiger partial charge in [-0.05, 0) is 49.2 Å². The lowest BCUT2D eigenvalue weighted by atomic mass is 9.69. The number of anilines is 2. The van der Waals surface area contributed by atoms with Crippen molar-refractivity contribution in [1.29, 1.82) is 0 Å². The van der Waals surface area contributed by atoms with Crippen LogP contribution in [0.4, 0.5) is 24.5 Å². The fraction of sp³-hybridized carbons (Fsp3) is 0.517. The van der Waals surface area contributed by atoms with Gasteiger partial charge < -0.3 is 24.7 Å². The average molecular weight is 557 g/mol. The van der Waals surface area contributed by atoms with Crippen LogP contribution in [0, 0.1) is 5.92 Å². The topological polar surface area (TPSA) is 67.6 Å². The molecule has 1 aliphatic carbocycles. The molecule has 2 aliphatic heterocycles. The van der Waals surface area contributed by atoms with Gasteiger partial charge in [0.2, 0.25) is 5.91 Å². The Balaban J connectivity index is 1.10. The van der Waals surface area contributed by atoms with E-state index >= 15 is 0 Å². The fourth-order valence-electron chi connectivity index (χ4n) is 6.20. The van der Waals surface area contributed by atoms with Crippen molar-refractivity contribution in [2.45, 2.75) is 31.5 Å². The maximum atomic E-state index is 13.0. The Morgan fingerprint density at radius 1 is 0.950 bits per heavy atom. The van der Waals surface area contributed by atoms with Crippen LogP contribution in [0.25, 0.3) is 16.6 Å². The highest BCUT2D eigenvalue weighted by Crippen LogP contribution is 2.49. The van der Waals surface area contributed by atoms with Crippen LogP contribution >= 0.6 is 0 Å². The minimum atomic E-state index is -4.70. The molecule has 0 unspecified atom stereocenters. The molecular weight excluding hydrogens is 521 g/mol. The van der Waals surface area contributed by atoms with Crippen molar-refractivity contribution in [2.24, 2.45) is 5.92 Å². The summed E-state index contributed by atoms with van der Waals surface area (Å²) in [6.45, 7) is 9.53. The molecular formula is C29H35F3N6O2. The van der Waals surface area contributed by atoms with Crippen LogP contribution in [-0.4, -0.2) is 101 Å². The van der Waals surface area contributed by atoms with Crippen LogP contribution in [0.3, 0.4) is 0 Å². The Hall–Kier alpha value is -3.31. The van der Waals surface area contributed by atoms with Gasteiger partial charge in [-0.1, -0.05) is 19.1 Å². The highest BCUT2D eigenvalue weighted by atomic mass is 19.4. The summed E-state index contributed by atoms with van der Waals surface area (Å²) in [5.74, 6) is -1.07. The zero-order chi connectivity index (χ0) is 28.1. The van der Waals surface area contributed by atoms with E-state index in [1.807, 2.05) is 16.8 Å². The number of alkyl halides is 3. The fourth-order valence-corrected chi connectivity index (χ4v) is 6.20. The summed E-state index contributed by atoms with van der Waals surface area (Å²) in [4.78, 5) is 21.5. The number of piperazine rings is 2. The van der Waals surface area contributed by atoms with Gasteiger partial charge in [0.1, 0.15) is 0 Å². The Kier molecular flexibility index (Phi) is 6.90. The van der Waals surface area contributed by atoms with Gasteiger partial charge in [-0.3, -0.25) is 4.79 Å². The third-order valence-corrected chi connectivity index (χ3v) is 8.85. The van der Waals surface area contributed by atoms with E-state index in [2.05, 4.69) is 57.1 Å². The average Bonchev–Trinajstić information content (AvgIpc) is 3.39. The van der Waals surface area contributed by atoms with Crippen molar-refractivity contribution in [3.8, 4) is 11.1 Å². The second-order valence-corrected chi connectivity index (χ2v) is 11.2. The number of amides is 1. The molecule has 3 aliphatic rings. The van der Waals surface area contributed by atoms with E-state index in [0.29, 0.717) is 26.2 Å². The molecule has 40 heavy (non-hydrogen) atoms. The standard InChI is InChI=1S/C29H35F3N6O2/c1-2-34-9-11-35(12-10-34)24-5-3-21(4-6-24)22-17-26-25(7-8-33-38(26)20-22)36-13-15-37(16-14-36)27(39)23-18-28(40,19-23)29(30,31)32/h3-8,17,20,23,40H,2,9-16,18-19H2,1H3.